The summed E-state index contributed by atoms with van der Waals surface area (Å²) in [5.41, 5.74) is 0.566. The molecule has 0 aliphatic rings. The van der Waals surface area contributed by atoms with E-state index in [2.05, 4.69) is 10.1 Å². The lowest BCUT2D eigenvalue weighted by molar-refractivity contribution is 0.290. The van der Waals surface area contributed by atoms with Crippen LogP contribution in [0.25, 0.3) is 11.5 Å². The Morgan fingerprint density at radius 3 is 2.91 bits per heavy atom. The molecule has 3 aromatic rings. The van der Waals surface area contributed by atoms with Crippen molar-refractivity contribution in [1.29, 1.82) is 0 Å². The third-order valence-electron chi connectivity index (χ3n) is 2.96. The summed E-state index contributed by atoms with van der Waals surface area (Å²) in [6.45, 7) is 0.571. The Morgan fingerprint density at radius 2 is 2.14 bits per heavy atom. The van der Waals surface area contributed by atoms with Gasteiger partial charge in [0.15, 0.2) is 0 Å². The van der Waals surface area contributed by atoms with Crippen LogP contribution in [-0.4, -0.2) is 21.3 Å². The lowest BCUT2D eigenvalue weighted by Crippen LogP contribution is -2.20. The standard InChI is InChI=1S/C15H12ClN3O3/c16-11-4-3-5-12(10-11)21-9-8-19-14(18-22-15(19)20)13-6-1-2-7-17-13/h1-7,10H,8-9H2. The predicted octanol–water partition coefficient (Wildman–Crippen LogP) is 2.63. The van der Waals surface area contributed by atoms with Gasteiger partial charge < -0.3 is 4.74 Å². The molecule has 0 spiro atoms. The van der Waals surface area contributed by atoms with Gasteiger partial charge in [-0.05, 0) is 30.3 Å². The molecule has 0 fully saturated rings. The van der Waals surface area contributed by atoms with Gasteiger partial charge in [-0.2, -0.15) is 0 Å². The number of rotatable bonds is 5. The molecule has 0 atom stereocenters. The Kier molecular flexibility index (Phi) is 4.20. The quantitative estimate of drug-likeness (QED) is 0.723. The van der Waals surface area contributed by atoms with Crippen LogP contribution in [0.15, 0.2) is 58.0 Å². The monoisotopic (exact) mass is 317 g/mol. The van der Waals surface area contributed by atoms with Gasteiger partial charge in [-0.1, -0.05) is 28.9 Å². The van der Waals surface area contributed by atoms with Crippen LogP contribution in [0, 0.1) is 0 Å². The summed E-state index contributed by atoms with van der Waals surface area (Å²) in [7, 11) is 0. The number of pyridine rings is 1. The van der Waals surface area contributed by atoms with E-state index in [1.165, 1.54) is 4.57 Å². The first-order valence-corrected chi connectivity index (χ1v) is 6.98. The van der Waals surface area contributed by atoms with Crippen molar-refractivity contribution >= 4 is 11.6 Å². The number of benzene rings is 1. The molecule has 6 nitrogen and oxygen atoms in total. The van der Waals surface area contributed by atoms with Crippen molar-refractivity contribution in [3.05, 3.63) is 64.2 Å². The zero-order valence-electron chi connectivity index (χ0n) is 11.5. The van der Waals surface area contributed by atoms with Gasteiger partial charge in [0.2, 0.25) is 5.82 Å². The van der Waals surface area contributed by atoms with Crippen molar-refractivity contribution in [2.45, 2.75) is 6.54 Å². The van der Waals surface area contributed by atoms with E-state index in [9.17, 15) is 4.79 Å². The first-order chi connectivity index (χ1) is 10.7. The molecule has 0 N–H and O–H groups in total. The van der Waals surface area contributed by atoms with Crippen LogP contribution < -0.4 is 10.5 Å². The summed E-state index contributed by atoms with van der Waals surface area (Å²) >= 11 is 5.89. The fraction of sp³-hybridized carbons (Fsp3) is 0.133. The van der Waals surface area contributed by atoms with Crippen molar-refractivity contribution in [3.8, 4) is 17.3 Å². The molecule has 112 valence electrons. The molecule has 0 radical (unpaired) electrons. The summed E-state index contributed by atoms with van der Waals surface area (Å²) < 4.78 is 11.7. The molecule has 0 aliphatic carbocycles. The average molecular weight is 318 g/mol. The van der Waals surface area contributed by atoms with Crippen molar-refractivity contribution in [3.63, 3.8) is 0 Å². The van der Waals surface area contributed by atoms with Crippen LogP contribution in [0.1, 0.15) is 0 Å². The van der Waals surface area contributed by atoms with Crippen LogP contribution in [-0.2, 0) is 6.54 Å². The Bertz CT molecular complexity index is 814. The van der Waals surface area contributed by atoms with E-state index < -0.39 is 5.76 Å². The molecule has 0 amide bonds. The molecular weight excluding hydrogens is 306 g/mol. The lowest BCUT2D eigenvalue weighted by Gasteiger charge is -2.07. The van der Waals surface area contributed by atoms with Gasteiger partial charge in [0.05, 0.1) is 6.54 Å². The summed E-state index contributed by atoms with van der Waals surface area (Å²) in [6.07, 6.45) is 1.63. The zero-order chi connectivity index (χ0) is 15.4. The largest absolute Gasteiger partial charge is 0.492 e. The average Bonchev–Trinajstić information content (AvgIpc) is 2.90. The van der Waals surface area contributed by atoms with E-state index in [4.69, 9.17) is 20.9 Å². The van der Waals surface area contributed by atoms with Gasteiger partial charge in [0.25, 0.3) is 0 Å². The summed E-state index contributed by atoms with van der Waals surface area (Å²) in [5, 5.41) is 4.35. The maximum atomic E-state index is 11.7. The fourth-order valence-electron chi connectivity index (χ4n) is 1.96. The molecule has 3 rings (SSSR count). The molecule has 0 aliphatic heterocycles. The maximum absolute atomic E-state index is 11.7. The van der Waals surface area contributed by atoms with Gasteiger partial charge in [0, 0.05) is 11.2 Å². The first-order valence-electron chi connectivity index (χ1n) is 6.60. The van der Waals surface area contributed by atoms with Crippen molar-refractivity contribution in [1.82, 2.24) is 14.7 Å². The van der Waals surface area contributed by atoms with Gasteiger partial charge in [-0.3, -0.25) is 14.1 Å². The minimum Gasteiger partial charge on any atom is -0.492 e. The van der Waals surface area contributed by atoms with Crippen LogP contribution in [0.2, 0.25) is 5.02 Å². The van der Waals surface area contributed by atoms with E-state index in [-0.39, 0.29) is 6.61 Å². The Labute approximate surface area is 130 Å². The molecule has 22 heavy (non-hydrogen) atoms. The highest BCUT2D eigenvalue weighted by Crippen LogP contribution is 2.17. The van der Waals surface area contributed by atoms with Crippen LogP contribution in [0.3, 0.4) is 0 Å². The van der Waals surface area contributed by atoms with Gasteiger partial charge in [-0.25, -0.2) is 4.79 Å². The second-order valence-electron chi connectivity index (χ2n) is 4.44. The Hall–Kier alpha value is -2.60. The molecule has 2 aromatic heterocycles. The molecule has 0 saturated carbocycles. The van der Waals surface area contributed by atoms with E-state index in [0.29, 0.717) is 28.8 Å². The highest BCUT2D eigenvalue weighted by atomic mass is 35.5. The minimum atomic E-state index is -0.546. The van der Waals surface area contributed by atoms with Crippen LogP contribution in [0.5, 0.6) is 5.75 Å². The molecular formula is C15H12ClN3O3. The third-order valence-corrected chi connectivity index (χ3v) is 3.20. The van der Waals surface area contributed by atoms with Crippen LogP contribution in [0.4, 0.5) is 0 Å². The molecule has 1 aromatic carbocycles. The smallest absolute Gasteiger partial charge is 0.442 e. The third kappa shape index (κ3) is 3.17. The van der Waals surface area contributed by atoms with E-state index >= 15 is 0 Å². The molecule has 0 unspecified atom stereocenters. The summed E-state index contributed by atoms with van der Waals surface area (Å²) in [5.74, 6) is 0.465. The van der Waals surface area contributed by atoms with E-state index in [0.717, 1.165) is 0 Å². The van der Waals surface area contributed by atoms with Crippen molar-refractivity contribution < 1.29 is 9.26 Å². The van der Waals surface area contributed by atoms with E-state index in [1.54, 1.807) is 42.6 Å². The number of ether oxygens (including phenoxy) is 1. The van der Waals surface area contributed by atoms with Gasteiger partial charge in [0.1, 0.15) is 18.1 Å². The van der Waals surface area contributed by atoms with Crippen LogP contribution >= 0.6 is 11.6 Å². The number of halogens is 1. The topological polar surface area (TPSA) is 70.2 Å². The molecule has 2 heterocycles. The number of nitrogens with zero attached hydrogens (tertiary/aromatic N) is 3. The van der Waals surface area contributed by atoms with Crippen molar-refractivity contribution in [2.24, 2.45) is 0 Å². The zero-order valence-corrected chi connectivity index (χ0v) is 12.2. The molecule has 0 saturated heterocycles. The maximum Gasteiger partial charge on any atom is 0.442 e. The number of aromatic nitrogens is 3. The normalized spacial score (nSPS) is 10.6. The predicted molar refractivity (Wildman–Crippen MR) is 80.9 cm³/mol. The van der Waals surface area contributed by atoms with Crippen molar-refractivity contribution in [2.75, 3.05) is 6.61 Å². The second-order valence-corrected chi connectivity index (χ2v) is 4.88. The minimum absolute atomic E-state index is 0.279. The second kappa shape index (κ2) is 6.44. The van der Waals surface area contributed by atoms with Gasteiger partial charge in [-0.15, -0.1) is 0 Å². The fourth-order valence-corrected chi connectivity index (χ4v) is 2.14. The lowest BCUT2D eigenvalue weighted by atomic mass is 10.3. The highest BCUT2D eigenvalue weighted by Gasteiger charge is 2.13. The molecule has 0 bridgehead atoms. The highest BCUT2D eigenvalue weighted by molar-refractivity contribution is 6.30. The summed E-state index contributed by atoms with van der Waals surface area (Å²) in [4.78, 5) is 15.9. The Balaban J connectivity index is 1.73. The first kappa shape index (κ1) is 14.3. The summed E-state index contributed by atoms with van der Waals surface area (Å²) in [6, 6.07) is 12.4. The van der Waals surface area contributed by atoms with E-state index in [1.807, 2.05) is 6.07 Å². The Morgan fingerprint density at radius 1 is 1.23 bits per heavy atom. The number of hydrogen-bond donors (Lipinski definition) is 0. The number of hydrogen-bond acceptors (Lipinski definition) is 5. The van der Waals surface area contributed by atoms with Gasteiger partial charge >= 0.3 is 5.76 Å². The molecule has 7 heteroatoms. The SMILES string of the molecule is O=c1onc(-c2ccccn2)n1CCOc1cccc(Cl)c1.